The van der Waals surface area contributed by atoms with Gasteiger partial charge in [0.1, 0.15) is 0 Å². The van der Waals surface area contributed by atoms with Crippen LogP contribution in [0.15, 0.2) is 18.5 Å². The van der Waals surface area contributed by atoms with Crippen molar-refractivity contribution in [2.24, 2.45) is 0 Å². The van der Waals surface area contributed by atoms with Gasteiger partial charge in [-0.25, -0.2) is 13.8 Å². The maximum atomic E-state index is 12.1. The van der Waals surface area contributed by atoms with Crippen LogP contribution >= 0.6 is 0 Å². The van der Waals surface area contributed by atoms with E-state index in [0.717, 1.165) is 0 Å². The summed E-state index contributed by atoms with van der Waals surface area (Å²) in [6, 6.07) is 1.58. The third-order valence-electron chi connectivity index (χ3n) is 1.51. The van der Waals surface area contributed by atoms with E-state index >= 15 is 0 Å². The molecule has 0 bridgehead atoms. The second-order valence-electron chi connectivity index (χ2n) is 2.32. The van der Waals surface area contributed by atoms with Crippen LogP contribution in [0.3, 0.4) is 0 Å². The van der Waals surface area contributed by atoms with E-state index in [1.54, 1.807) is 6.07 Å². The molecule has 0 aliphatic carbocycles. The molecular formula is C7H5F2N3. The maximum absolute atomic E-state index is 12.1. The smallest absolute Gasteiger partial charge is 0.295 e. The lowest BCUT2D eigenvalue weighted by Gasteiger charge is -1.87. The topological polar surface area (TPSA) is 41.6 Å². The lowest BCUT2D eigenvalue weighted by Crippen LogP contribution is -1.84. The fourth-order valence-corrected chi connectivity index (χ4v) is 0.980. The Hall–Kier alpha value is -1.52. The van der Waals surface area contributed by atoms with Gasteiger partial charge in [-0.3, -0.25) is 4.98 Å². The average Bonchev–Trinajstić information content (AvgIpc) is 2.46. The lowest BCUT2D eigenvalue weighted by atomic mass is 10.4. The average molecular weight is 169 g/mol. The molecule has 5 heteroatoms. The van der Waals surface area contributed by atoms with E-state index < -0.39 is 6.43 Å². The van der Waals surface area contributed by atoms with Crippen molar-refractivity contribution in [3.63, 3.8) is 0 Å². The van der Waals surface area contributed by atoms with Crippen LogP contribution in [0.5, 0.6) is 0 Å². The number of halogens is 2. The molecule has 2 heterocycles. The van der Waals surface area contributed by atoms with Gasteiger partial charge < -0.3 is 4.98 Å². The number of aromatic amines is 1. The van der Waals surface area contributed by atoms with Gasteiger partial charge in [0.05, 0.1) is 17.2 Å². The number of nitrogens with zero attached hydrogens (tertiary/aromatic N) is 2. The van der Waals surface area contributed by atoms with Crippen molar-refractivity contribution in [3.05, 3.63) is 24.3 Å². The number of rotatable bonds is 1. The summed E-state index contributed by atoms with van der Waals surface area (Å²) in [7, 11) is 0. The molecule has 0 spiro atoms. The molecule has 0 radical (unpaired) electrons. The number of alkyl halides is 2. The first-order chi connectivity index (χ1) is 5.77. The minimum absolute atomic E-state index is 0.307. The van der Waals surface area contributed by atoms with E-state index in [1.165, 1.54) is 12.4 Å². The number of hydrogen-bond donors (Lipinski definition) is 1. The molecule has 0 aliphatic rings. The number of hydrogen-bond acceptors (Lipinski definition) is 2. The molecular weight excluding hydrogens is 164 g/mol. The van der Waals surface area contributed by atoms with Crippen molar-refractivity contribution in [1.29, 1.82) is 0 Å². The standard InChI is InChI=1S/C7H5F2N3/c8-6(9)7-11-4-1-2-10-3-5(4)12-7/h1-3,6H,(H,11,12). The summed E-state index contributed by atoms with van der Waals surface area (Å²) in [4.78, 5) is 9.91. The monoisotopic (exact) mass is 169 g/mol. The molecule has 62 valence electrons. The van der Waals surface area contributed by atoms with E-state index in [0.29, 0.717) is 11.0 Å². The van der Waals surface area contributed by atoms with Crippen LogP contribution in [0, 0.1) is 0 Å². The third-order valence-corrected chi connectivity index (χ3v) is 1.51. The predicted molar refractivity (Wildman–Crippen MR) is 38.8 cm³/mol. The molecule has 2 aromatic rings. The Bertz CT molecular complexity index is 363. The summed E-state index contributed by atoms with van der Waals surface area (Å²) in [6.07, 6.45) is 0.421. The van der Waals surface area contributed by atoms with Gasteiger partial charge in [0.15, 0.2) is 5.82 Å². The fraction of sp³-hybridized carbons (Fsp3) is 0.143. The number of fused-ring (bicyclic) bond motifs is 1. The third kappa shape index (κ3) is 1.03. The molecule has 0 fully saturated rings. The van der Waals surface area contributed by atoms with Crippen molar-refractivity contribution in [1.82, 2.24) is 15.0 Å². The Morgan fingerprint density at radius 1 is 1.42 bits per heavy atom. The lowest BCUT2D eigenvalue weighted by molar-refractivity contribution is 0.142. The van der Waals surface area contributed by atoms with Gasteiger partial charge in [0, 0.05) is 6.20 Å². The normalized spacial score (nSPS) is 11.2. The Morgan fingerprint density at radius 2 is 2.25 bits per heavy atom. The van der Waals surface area contributed by atoms with Gasteiger partial charge in [-0.05, 0) is 6.07 Å². The number of aromatic nitrogens is 3. The molecule has 2 rings (SSSR count). The largest absolute Gasteiger partial charge is 0.336 e. The molecule has 3 nitrogen and oxygen atoms in total. The van der Waals surface area contributed by atoms with Gasteiger partial charge >= 0.3 is 0 Å². The number of H-pyrrole nitrogens is 1. The zero-order valence-electron chi connectivity index (χ0n) is 5.96. The molecule has 0 saturated carbocycles. The Labute approximate surface area is 66.5 Å². The Kier molecular flexibility index (Phi) is 1.49. The summed E-state index contributed by atoms with van der Waals surface area (Å²) in [5.41, 5.74) is 1.05. The van der Waals surface area contributed by atoms with Crippen molar-refractivity contribution >= 4 is 11.0 Å². The maximum Gasteiger partial charge on any atom is 0.295 e. The van der Waals surface area contributed by atoms with Crippen LogP contribution in [0.2, 0.25) is 0 Å². The number of imidazole rings is 1. The highest BCUT2D eigenvalue weighted by Crippen LogP contribution is 2.18. The summed E-state index contributed by atoms with van der Waals surface area (Å²) in [5.74, 6) is -0.307. The van der Waals surface area contributed by atoms with Crippen LogP contribution in [0.25, 0.3) is 11.0 Å². The quantitative estimate of drug-likeness (QED) is 0.708. The first-order valence-corrected chi connectivity index (χ1v) is 3.35. The molecule has 2 aromatic heterocycles. The van der Waals surface area contributed by atoms with Gasteiger partial charge in [-0.1, -0.05) is 0 Å². The van der Waals surface area contributed by atoms with Crippen molar-refractivity contribution in [3.8, 4) is 0 Å². The van der Waals surface area contributed by atoms with Crippen LogP contribution in [-0.2, 0) is 0 Å². The summed E-state index contributed by atoms with van der Waals surface area (Å²) in [5, 5.41) is 0. The molecule has 1 N–H and O–H groups in total. The second kappa shape index (κ2) is 2.51. The molecule has 0 aliphatic heterocycles. The van der Waals surface area contributed by atoms with Gasteiger partial charge in [0.2, 0.25) is 0 Å². The van der Waals surface area contributed by atoms with Crippen LogP contribution in [-0.4, -0.2) is 15.0 Å². The van der Waals surface area contributed by atoms with E-state index in [2.05, 4.69) is 15.0 Å². The molecule has 0 saturated heterocycles. The van der Waals surface area contributed by atoms with E-state index in [4.69, 9.17) is 0 Å². The van der Waals surface area contributed by atoms with Gasteiger partial charge in [-0.2, -0.15) is 0 Å². The molecule has 0 unspecified atom stereocenters. The Balaban J connectivity index is 2.62. The summed E-state index contributed by atoms with van der Waals surface area (Å²) < 4.78 is 24.2. The number of nitrogens with one attached hydrogen (secondary N) is 1. The van der Waals surface area contributed by atoms with Crippen molar-refractivity contribution in [2.75, 3.05) is 0 Å². The van der Waals surface area contributed by atoms with Crippen LogP contribution in [0.4, 0.5) is 8.78 Å². The molecule has 12 heavy (non-hydrogen) atoms. The SMILES string of the molecule is FC(F)c1nc2ccncc2[nH]1. The first-order valence-electron chi connectivity index (χ1n) is 3.35. The van der Waals surface area contributed by atoms with Crippen molar-refractivity contribution < 1.29 is 8.78 Å². The van der Waals surface area contributed by atoms with E-state index in [1.807, 2.05) is 0 Å². The Morgan fingerprint density at radius 3 is 2.92 bits per heavy atom. The molecule has 0 amide bonds. The van der Waals surface area contributed by atoms with Crippen LogP contribution < -0.4 is 0 Å². The first kappa shape index (κ1) is 7.15. The summed E-state index contributed by atoms with van der Waals surface area (Å²) in [6.45, 7) is 0. The zero-order valence-corrected chi connectivity index (χ0v) is 5.96. The van der Waals surface area contributed by atoms with Gasteiger partial charge in [0.25, 0.3) is 6.43 Å². The highest BCUT2D eigenvalue weighted by Gasteiger charge is 2.11. The predicted octanol–water partition coefficient (Wildman–Crippen LogP) is 1.90. The minimum atomic E-state index is -2.56. The summed E-state index contributed by atoms with van der Waals surface area (Å²) >= 11 is 0. The molecule has 0 aromatic carbocycles. The van der Waals surface area contributed by atoms with Crippen LogP contribution in [0.1, 0.15) is 12.2 Å². The molecule has 0 atom stereocenters. The van der Waals surface area contributed by atoms with Gasteiger partial charge in [-0.15, -0.1) is 0 Å². The minimum Gasteiger partial charge on any atom is -0.336 e. The van der Waals surface area contributed by atoms with E-state index in [9.17, 15) is 8.78 Å². The second-order valence-corrected chi connectivity index (χ2v) is 2.32. The highest BCUT2D eigenvalue weighted by molar-refractivity contribution is 5.73. The van der Waals surface area contributed by atoms with Crippen molar-refractivity contribution in [2.45, 2.75) is 6.43 Å². The van der Waals surface area contributed by atoms with E-state index in [-0.39, 0.29) is 5.82 Å². The zero-order chi connectivity index (χ0) is 8.55. The number of pyridine rings is 1. The fourth-order valence-electron chi connectivity index (χ4n) is 0.980. The highest BCUT2D eigenvalue weighted by atomic mass is 19.3.